The first-order valence-corrected chi connectivity index (χ1v) is 10.8. The molecule has 3 aromatic heterocycles. The molecule has 0 bridgehead atoms. The van der Waals surface area contributed by atoms with Gasteiger partial charge >= 0.3 is 5.69 Å². The maximum Gasteiger partial charge on any atom is 0.348 e. The largest absolute Gasteiger partial charge is 0.348 e. The smallest absolute Gasteiger partial charge is 0.337 e. The predicted molar refractivity (Wildman–Crippen MR) is 114 cm³/mol. The molecule has 152 valence electrons. The number of aromatic amines is 1. The van der Waals surface area contributed by atoms with Crippen molar-refractivity contribution in [2.45, 2.75) is 19.3 Å². The standard InChI is InChI=1S/C21H20N6O2S/c28-20(17-13-22-15-4-1-2-5-16(15)23-17)26-9-7-14(8-10-26)12-18-24-25-21(29)27(18)19-6-3-11-30-19/h1-6,11,13-14H,7-10,12H2,(H,25,29). The van der Waals surface area contributed by atoms with Crippen LogP contribution < -0.4 is 5.69 Å². The number of thiophene rings is 1. The van der Waals surface area contributed by atoms with E-state index in [0.29, 0.717) is 31.1 Å². The number of nitrogens with zero attached hydrogens (tertiary/aromatic N) is 5. The second-order valence-electron chi connectivity index (χ2n) is 7.42. The molecule has 1 aliphatic heterocycles. The van der Waals surface area contributed by atoms with Gasteiger partial charge in [0.15, 0.2) is 0 Å². The highest BCUT2D eigenvalue weighted by Gasteiger charge is 2.26. The maximum absolute atomic E-state index is 12.9. The molecule has 1 aromatic carbocycles. The Balaban J connectivity index is 1.25. The number of aromatic nitrogens is 5. The van der Waals surface area contributed by atoms with Crippen molar-refractivity contribution in [3.05, 3.63) is 70.0 Å². The van der Waals surface area contributed by atoms with Gasteiger partial charge in [-0.2, -0.15) is 5.10 Å². The van der Waals surface area contributed by atoms with E-state index in [-0.39, 0.29) is 11.6 Å². The summed E-state index contributed by atoms with van der Waals surface area (Å²) < 4.78 is 1.65. The Morgan fingerprint density at radius 1 is 1.13 bits per heavy atom. The zero-order valence-electron chi connectivity index (χ0n) is 16.2. The Morgan fingerprint density at radius 2 is 1.93 bits per heavy atom. The third kappa shape index (κ3) is 3.52. The lowest BCUT2D eigenvalue weighted by Crippen LogP contribution is -2.39. The van der Waals surface area contributed by atoms with Gasteiger partial charge in [-0.1, -0.05) is 12.1 Å². The van der Waals surface area contributed by atoms with E-state index in [1.807, 2.05) is 46.7 Å². The molecule has 0 spiro atoms. The van der Waals surface area contributed by atoms with Gasteiger partial charge in [0.2, 0.25) is 0 Å². The molecule has 0 saturated carbocycles. The van der Waals surface area contributed by atoms with Crippen LogP contribution in [0.25, 0.3) is 16.0 Å². The van der Waals surface area contributed by atoms with Gasteiger partial charge in [0.25, 0.3) is 5.91 Å². The van der Waals surface area contributed by atoms with E-state index in [1.54, 1.807) is 10.8 Å². The molecule has 0 aliphatic carbocycles. The van der Waals surface area contributed by atoms with Gasteiger partial charge in [-0.25, -0.2) is 19.4 Å². The number of fused-ring (bicyclic) bond motifs is 1. The summed E-state index contributed by atoms with van der Waals surface area (Å²) in [7, 11) is 0. The second kappa shape index (κ2) is 7.83. The van der Waals surface area contributed by atoms with Crippen LogP contribution in [0.4, 0.5) is 0 Å². The average molecular weight is 420 g/mol. The van der Waals surface area contributed by atoms with Crippen LogP contribution in [0.2, 0.25) is 0 Å². The number of para-hydroxylation sites is 2. The lowest BCUT2D eigenvalue weighted by atomic mass is 9.93. The van der Waals surface area contributed by atoms with Crippen molar-refractivity contribution in [3.63, 3.8) is 0 Å². The van der Waals surface area contributed by atoms with Gasteiger partial charge in [-0.05, 0) is 48.4 Å². The molecule has 9 heteroatoms. The SMILES string of the molecule is O=C(c1cnc2ccccc2n1)N1CCC(Cc2n[nH]c(=O)n2-c2cccs2)CC1. The number of likely N-dealkylation sites (tertiary alicyclic amines) is 1. The van der Waals surface area contributed by atoms with Crippen LogP contribution >= 0.6 is 11.3 Å². The Bertz CT molecular complexity index is 1240. The van der Waals surface area contributed by atoms with Gasteiger partial charge in [-0.15, -0.1) is 11.3 Å². The second-order valence-corrected chi connectivity index (χ2v) is 8.34. The lowest BCUT2D eigenvalue weighted by molar-refractivity contribution is 0.0683. The third-order valence-corrected chi connectivity index (χ3v) is 6.36. The summed E-state index contributed by atoms with van der Waals surface area (Å²) in [5.41, 5.74) is 1.67. The molecule has 1 saturated heterocycles. The quantitative estimate of drug-likeness (QED) is 0.547. The van der Waals surface area contributed by atoms with E-state index in [4.69, 9.17) is 0 Å². The molecule has 30 heavy (non-hydrogen) atoms. The summed E-state index contributed by atoms with van der Waals surface area (Å²) in [6.07, 6.45) is 3.98. The van der Waals surface area contributed by atoms with Crippen LogP contribution in [-0.2, 0) is 6.42 Å². The van der Waals surface area contributed by atoms with Crippen molar-refractivity contribution < 1.29 is 4.79 Å². The van der Waals surface area contributed by atoms with E-state index >= 15 is 0 Å². The highest BCUT2D eigenvalue weighted by Crippen LogP contribution is 2.23. The molecular weight excluding hydrogens is 400 g/mol. The Labute approximate surface area is 176 Å². The van der Waals surface area contributed by atoms with Gasteiger partial charge in [0, 0.05) is 19.5 Å². The number of hydrogen-bond acceptors (Lipinski definition) is 6. The zero-order valence-corrected chi connectivity index (χ0v) is 17.0. The van der Waals surface area contributed by atoms with Gasteiger partial charge < -0.3 is 4.90 Å². The normalized spacial score (nSPS) is 15.0. The zero-order chi connectivity index (χ0) is 20.5. The number of carbonyl (C=O) groups excluding carboxylic acids is 1. The van der Waals surface area contributed by atoms with Crippen LogP contribution in [0.1, 0.15) is 29.2 Å². The van der Waals surface area contributed by atoms with Crippen molar-refractivity contribution in [2.75, 3.05) is 13.1 Å². The van der Waals surface area contributed by atoms with Crippen molar-refractivity contribution >= 4 is 28.3 Å². The summed E-state index contributed by atoms with van der Waals surface area (Å²) in [5.74, 6) is 1.03. The minimum absolute atomic E-state index is 0.0815. The molecule has 8 nitrogen and oxygen atoms in total. The number of carbonyl (C=O) groups is 1. The summed E-state index contributed by atoms with van der Waals surface area (Å²) in [5, 5.41) is 9.60. The number of hydrogen-bond donors (Lipinski definition) is 1. The highest BCUT2D eigenvalue weighted by atomic mass is 32.1. The minimum atomic E-state index is -0.213. The van der Waals surface area contributed by atoms with Crippen LogP contribution in [0, 0.1) is 5.92 Å². The van der Waals surface area contributed by atoms with Gasteiger partial charge in [-0.3, -0.25) is 9.78 Å². The topological polar surface area (TPSA) is 96.8 Å². The summed E-state index contributed by atoms with van der Waals surface area (Å²) in [6.45, 7) is 1.32. The molecule has 0 atom stereocenters. The fourth-order valence-corrected chi connectivity index (χ4v) is 4.66. The molecular formula is C21H20N6O2S. The van der Waals surface area contributed by atoms with E-state index in [1.165, 1.54) is 11.3 Å². The first-order chi connectivity index (χ1) is 14.7. The molecule has 1 N–H and O–H groups in total. The summed E-state index contributed by atoms with van der Waals surface area (Å²) >= 11 is 1.51. The number of amides is 1. The van der Waals surface area contributed by atoms with Crippen LogP contribution in [-0.4, -0.2) is 48.6 Å². The van der Waals surface area contributed by atoms with Crippen molar-refractivity contribution in [1.82, 2.24) is 29.6 Å². The van der Waals surface area contributed by atoms with E-state index in [0.717, 1.165) is 34.7 Å². The highest BCUT2D eigenvalue weighted by molar-refractivity contribution is 7.12. The number of nitrogens with one attached hydrogen (secondary N) is 1. The van der Waals surface area contributed by atoms with E-state index < -0.39 is 0 Å². The van der Waals surface area contributed by atoms with E-state index in [9.17, 15) is 9.59 Å². The Hall–Kier alpha value is -3.33. The fourth-order valence-electron chi connectivity index (χ4n) is 3.91. The van der Waals surface area contributed by atoms with E-state index in [2.05, 4.69) is 20.2 Å². The predicted octanol–water partition coefficient (Wildman–Crippen LogP) is 2.66. The van der Waals surface area contributed by atoms with Crippen LogP contribution in [0.5, 0.6) is 0 Å². The number of H-pyrrole nitrogens is 1. The third-order valence-electron chi connectivity index (χ3n) is 5.51. The average Bonchev–Trinajstić information content (AvgIpc) is 3.43. The Kier molecular flexibility index (Phi) is 4.88. The number of piperidine rings is 1. The molecule has 1 aliphatic rings. The summed E-state index contributed by atoms with van der Waals surface area (Å²) in [6, 6.07) is 11.4. The van der Waals surface area contributed by atoms with Gasteiger partial charge in [0.05, 0.1) is 17.2 Å². The molecule has 4 heterocycles. The minimum Gasteiger partial charge on any atom is -0.337 e. The number of rotatable bonds is 4. The molecule has 0 radical (unpaired) electrons. The summed E-state index contributed by atoms with van der Waals surface area (Å²) in [4.78, 5) is 35.7. The fraction of sp³-hybridized carbons (Fsp3) is 0.286. The maximum atomic E-state index is 12.9. The Morgan fingerprint density at radius 3 is 2.70 bits per heavy atom. The first kappa shape index (κ1) is 18.7. The molecule has 1 fully saturated rings. The lowest BCUT2D eigenvalue weighted by Gasteiger charge is -2.31. The first-order valence-electron chi connectivity index (χ1n) is 9.90. The van der Waals surface area contributed by atoms with Crippen molar-refractivity contribution in [3.8, 4) is 5.00 Å². The van der Waals surface area contributed by atoms with Crippen LogP contribution in [0.3, 0.4) is 0 Å². The molecule has 0 unspecified atom stereocenters. The molecule has 4 aromatic rings. The monoisotopic (exact) mass is 420 g/mol. The number of benzene rings is 1. The van der Waals surface area contributed by atoms with Crippen LogP contribution in [0.15, 0.2) is 52.8 Å². The van der Waals surface area contributed by atoms with Crippen molar-refractivity contribution in [1.29, 1.82) is 0 Å². The molecule has 1 amide bonds. The van der Waals surface area contributed by atoms with Crippen molar-refractivity contribution in [2.24, 2.45) is 5.92 Å². The molecule has 5 rings (SSSR count). The van der Waals surface area contributed by atoms with Gasteiger partial charge in [0.1, 0.15) is 16.5 Å².